The third kappa shape index (κ3) is 2.15. The van der Waals surface area contributed by atoms with E-state index in [0.717, 1.165) is 51.1 Å². The second-order valence-electron chi connectivity index (χ2n) is 5.93. The number of amides is 2. The molecule has 0 spiro atoms. The summed E-state index contributed by atoms with van der Waals surface area (Å²) in [4.78, 5) is 18.8. The van der Waals surface area contributed by atoms with Crippen LogP contribution in [0.5, 0.6) is 0 Å². The number of likely N-dealkylation sites (N-methyl/N-ethyl adjacent to an activating group) is 1. The summed E-state index contributed by atoms with van der Waals surface area (Å²) in [5, 5.41) is 0. The van der Waals surface area contributed by atoms with Gasteiger partial charge in [-0.3, -0.25) is 0 Å². The van der Waals surface area contributed by atoms with Crippen molar-refractivity contribution in [3.63, 3.8) is 0 Å². The van der Waals surface area contributed by atoms with Crippen LogP contribution in [0.3, 0.4) is 0 Å². The average Bonchev–Trinajstić information content (AvgIpc) is 2.89. The Morgan fingerprint density at radius 3 is 2.12 bits per heavy atom. The van der Waals surface area contributed by atoms with Crippen molar-refractivity contribution in [2.75, 3.05) is 46.3 Å². The standard InChI is InChI=1S/C13H23N3O/c1-14-5-7-15(8-6-14)13(17)16-9-11-3-2-4-12(11)10-16/h11-12H,2-10H2,1H3. The van der Waals surface area contributed by atoms with Gasteiger partial charge in [-0.05, 0) is 31.7 Å². The lowest BCUT2D eigenvalue weighted by Gasteiger charge is -2.35. The lowest BCUT2D eigenvalue weighted by Crippen LogP contribution is -2.51. The van der Waals surface area contributed by atoms with Crippen LogP contribution in [-0.2, 0) is 0 Å². The van der Waals surface area contributed by atoms with Crippen LogP contribution >= 0.6 is 0 Å². The maximum Gasteiger partial charge on any atom is 0.320 e. The molecule has 4 heteroatoms. The lowest BCUT2D eigenvalue weighted by molar-refractivity contribution is 0.127. The zero-order chi connectivity index (χ0) is 11.8. The van der Waals surface area contributed by atoms with Crippen molar-refractivity contribution in [1.29, 1.82) is 0 Å². The Morgan fingerprint density at radius 1 is 0.941 bits per heavy atom. The molecule has 2 unspecified atom stereocenters. The van der Waals surface area contributed by atoms with Gasteiger partial charge in [-0.15, -0.1) is 0 Å². The van der Waals surface area contributed by atoms with Gasteiger partial charge in [-0.2, -0.15) is 0 Å². The van der Waals surface area contributed by atoms with Crippen LogP contribution in [0.4, 0.5) is 4.79 Å². The average molecular weight is 237 g/mol. The van der Waals surface area contributed by atoms with Gasteiger partial charge in [0.15, 0.2) is 0 Å². The van der Waals surface area contributed by atoms with Crippen LogP contribution in [0.25, 0.3) is 0 Å². The Hall–Kier alpha value is -0.770. The van der Waals surface area contributed by atoms with Crippen molar-refractivity contribution in [2.24, 2.45) is 11.8 Å². The molecule has 2 aliphatic heterocycles. The number of hydrogen-bond donors (Lipinski definition) is 0. The number of likely N-dealkylation sites (tertiary alicyclic amines) is 1. The highest BCUT2D eigenvalue weighted by Crippen LogP contribution is 2.37. The lowest BCUT2D eigenvalue weighted by atomic mass is 10.0. The number of fused-ring (bicyclic) bond motifs is 1. The van der Waals surface area contributed by atoms with Crippen molar-refractivity contribution < 1.29 is 4.79 Å². The molecule has 3 aliphatic rings. The molecule has 0 aromatic heterocycles. The van der Waals surface area contributed by atoms with E-state index in [1.807, 2.05) is 4.90 Å². The Kier molecular flexibility index (Phi) is 2.99. The summed E-state index contributed by atoms with van der Waals surface area (Å²) in [5.41, 5.74) is 0. The molecule has 2 saturated heterocycles. The highest BCUT2D eigenvalue weighted by Gasteiger charge is 2.39. The maximum absolute atomic E-state index is 12.4. The van der Waals surface area contributed by atoms with Crippen molar-refractivity contribution in [1.82, 2.24) is 14.7 Å². The van der Waals surface area contributed by atoms with Gasteiger partial charge in [-0.1, -0.05) is 6.42 Å². The summed E-state index contributed by atoms with van der Waals surface area (Å²) < 4.78 is 0. The van der Waals surface area contributed by atoms with Gasteiger partial charge in [0.2, 0.25) is 0 Å². The van der Waals surface area contributed by atoms with Gasteiger partial charge in [0, 0.05) is 39.3 Å². The van der Waals surface area contributed by atoms with Gasteiger partial charge in [-0.25, -0.2) is 4.79 Å². The molecule has 96 valence electrons. The first-order chi connectivity index (χ1) is 8.24. The monoisotopic (exact) mass is 237 g/mol. The SMILES string of the molecule is CN1CCN(C(=O)N2CC3CCCC3C2)CC1. The second-order valence-corrected chi connectivity index (χ2v) is 5.93. The van der Waals surface area contributed by atoms with Gasteiger partial charge >= 0.3 is 6.03 Å². The molecule has 0 radical (unpaired) electrons. The third-order valence-electron chi connectivity index (χ3n) is 4.77. The molecular weight excluding hydrogens is 214 g/mol. The molecular formula is C13H23N3O. The maximum atomic E-state index is 12.4. The first-order valence-corrected chi connectivity index (χ1v) is 6.96. The summed E-state index contributed by atoms with van der Waals surface area (Å²) in [6.45, 7) is 5.90. The minimum Gasteiger partial charge on any atom is -0.324 e. The van der Waals surface area contributed by atoms with Gasteiger partial charge in [0.25, 0.3) is 0 Å². The number of urea groups is 1. The summed E-state index contributed by atoms with van der Waals surface area (Å²) in [6.07, 6.45) is 4.07. The van der Waals surface area contributed by atoms with E-state index in [9.17, 15) is 4.79 Å². The van der Waals surface area contributed by atoms with E-state index in [0.29, 0.717) is 6.03 Å². The van der Waals surface area contributed by atoms with Crippen LogP contribution in [0.15, 0.2) is 0 Å². The van der Waals surface area contributed by atoms with Crippen LogP contribution in [0.2, 0.25) is 0 Å². The van der Waals surface area contributed by atoms with E-state index < -0.39 is 0 Å². The van der Waals surface area contributed by atoms with E-state index >= 15 is 0 Å². The van der Waals surface area contributed by atoms with Crippen LogP contribution in [0.1, 0.15) is 19.3 Å². The number of nitrogens with zero attached hydrogens (tertiary/aromatic N) is 3. The molecule has 2 amide bonds. The Labute approximate surface area is 104 Å². The number of rotatable bonds is 0. The van der Waals surface area contributed by atoms with Crippen molar-refractivity contribution in [2.45, 2.75) is 19.3 Å². The topological polar surface area (TPSA) is 26.8 Å². The largest absolute Gasteiger partial charge is 0.324 e. The fraction of sp³-hybridized carbons (Fsp3) is 0.923. The summed E-state index contributed by atoms with van der Waals surface area (Å²) in [5.74, 6) is 1.62. The van der Waals surface area contributed by atoms with E-state index in [4.69, 9.17) is 0 Å². The zero-order valence-corrected chi connectivity index (χ0v) is 10.8. The van der Waals surface area contributed by atoms with Crippen molar-refractivity contribution >= 4 is 6.03 Å². The molecule has 1 saturated carbocycles. The number of carbonyl (C=O) groups is 1. The van der Waals surface area contributed by atoms with Crippen LogP contribution < -0.4 is 0 Å². The third-order valence-corrected chi connectivity index (χ3v) is 4.77. The Bertz CT molecular complexity index is 287. The molecule has 4 nitrogen and oxygen atoms in total. The first-order valence-electron chi connectivity index (χ1n) is 6.96. The predicted molar refractivity (Wildman–Crippen MR) is 66.9 cm³/mol. The molecule has 1 aliphatic carbocycles. The van der Waals surface area contributed by atoms with Gasteiger partial charge in [0.1, 0.15) is 0 Å². The van der Waals surface area contributed by atoms with E-state index in [1.54, 1.807) is 0 Å². The predicted octanol–water partition coefficient (Wildman–Crippen LogP) is 1.09. The summed E-state index contributed by atoms with van der Waals surface area (Å²) >= 11 is 0. The highest BCUT2D eigenvalue weighted by atomic mass is 16.2. The van der Waals surface area contributed by atoms with E-state index in [2.05, 4.69) is 16.8 Å². The summed E-state index contributed by atoms with van der Waals surface area (Å²) in [7, 11) is 2.13. The highest BCUT2D eigenvalue weighted by molar-refractivity contribution is 5.75. The number of piperazine rings is 1. The Morgan fingerprint density at radius 2 is 1.53 bits per heavy atom. The van der Waals surface area contributed by atoms with Gasteiger partial charge in [0.05, 0.1) is 0 Å². The van der Waals surface area contributed by atoms with Crippen LogP contribution in [0, 0.1) is 11.8 Å². The molecule has 2 heterocycles. The van der Waals surface area contributed by atoms with Gasteiger partial charge < -0.3 is 14.7 Å². The van der Waals surface area contributed by atoms with Crippen LogP contribution in [-0.4, -0.2) is 67.0 Å². The minimum atomic E-state index is 0.299. The number of hydrogen-bond acceptors (Lipinski definition) is 2. The number of carbonyl (C=O) groups excluding carboxylic acids is 1. The van der Waals surface area contributed by atoms with Crippen molar-refractivity contribution in [3.05, 3.63) is 0 Å². The molecule has 0 N–H and O–H groups in total. The molecule has 3 fully saturated rings. The van der Waals surface area contributed by atoms with Crippen molar-refractivity contribution in [3.8, 4) is 0 Å². The van der Waals surface area contributed by atoms with E-state index in [1.165, 1.54) is 19.3 Å². The molecule has 3 rings (SSSR count). The fourth-order valence-electron chi connectivity index (χ4n) is 3.59. The molecule has 17 heavy (non-hydrogen) atoms. The Balaban J connectivity index is 1.56. The first kappa shape index (κ1) is 11.3. The smallest absolute Gasteiger partial charge is 0.320 e. The summed E-state index contributed by atoms with van der Waals surface area (Å²) in [6, 6.07) is 0.299. The fourth-order valence-corrected chi connectivity index (χ4v) is 3.59. The van der Waals surface area contributed by atoms with E-state index in [-0.39, 0.29) is 0 Å². The zero-order valence-electron chi connectivity index (χ0n) is 10.8. The molecule has 0 bridgehead atoms. The minimum absolute atomic E-state index is 0.299. The quantitative estimate of drug-likeness (QED) is 0.630. The molecule has 2 atom stereocenters. The molecule has 0 aromatic rings. The normalized spacial score (nSPS) is 34.2. The molecule has 0 aromatic carbocycles. The second kappa shape index (κ2) is 4.48.